The number of aryl methyl sites for hydroxylation is 2. The number of thiophene rings is 1. The van der Waals surface area contributed by atoms with Gasteiger partial charge in [-0.1, -0.05) is 18.2 Å². The highest BCUT2D eigenvalue weighted by atomic mass is 32.1. The van der Waals surface area contributed by atoms with Gasteiger partial charge in [0.1, 0.15) is 17.2 Å². The molecular formula is C22H19N3O3S. The van der Waals surface area contributed by atoms with Gasteiger partial charge < -0.3 is 14.5 Å². The van der Waals surface area contributed by atoms with Gasteiger partial charge in [-0.3, -0.25) is 4.79 Å². The highest BCUT2D eigenvalue weighted by Gasteiger charge is 2.20. The SMILES string of the molecule is Cc1cccc(Oc2ncccc2NC(=O)c2nc(-c3cccs3)oc2C)c1C. The smallest absolute Gasteiger partial charge is 0.278 e. The third-order valence-electron chi connectivity index (χ3n) is 4.52. The number of amides is 1. The lowest BCUT2D eigenvalue weighted by Crippen LogP contribution is -2.14. The first kappa shape index (κ1) is 18.9. The molecule has 4 aromatic rings. The van der Waals surface area contributed by atoms with Crippen molar-refractivity contribution < 1.29 is 13.9 Å². The van der Waals surface area contributed by atoms with E-state index in [0.29, 0.717) is 29.0 Å². The van der Waals surface area contributed by atoms with Crippen LogP contribution in [0.5, 0.6) is 11.6 Å². The Kier molecular flexibility index (Phi) is 5.14. The van der Waals surface area contributed by atoms with Gasteiger partial charge in [-0.2, -0.15) is 0 Å². The van der Waals surface area contributed by atoms with Crippen LogP contribution in [0.3, 0.4) is 0 Å². The molecule has 0 aliphatic heterocycles. The average molecular weight is 405 g/mol. The van der Waals surface area contributed by atoms with Crippen LogP contribution in [-0.4, -0.2) is 15.9 Å². The van der Waals surface area contributed by atoms with Gasteiger partial charge in [0.25, 0.3) is 5.91 Å². The number of rotatable bonds is 5. The summed E-state index contributed by atoms with van der Waals surface area (Å²) in [5.41, 5.74) is 2.82. The molecule has 7 heteroatoms. The number of aromatic nitrogens is 2. The van der Waals surface area contributed by atoms with Gasteiger partial charge in [-0.15, -0.1) is 11.3 Å². The summed E-state index contributed by atoms with van der Waals surface area (Å²) in [6.45, 7) is 5.72. The first-order chi connectivity index (χ1) is 14.0. The zero-order valence-electron chi connectivity index (χ0n) is 16.2. The maximum Gasteiger partial charge on any atom is 0.278 e. The van der Waals surface area contributed by atoms with Crippen molar-refractivity contribution in [2.75, 3.05) is 5.32 Å². The van der Waals surface area contributed by atoms with Crippen LogP contribution >= 0.6 is 11.3 Å². The maximum absolute atomic E-state index is 12.8. The van der Waals surface area contributed by atoms with Crippen molar-refractivity contribution in [2.24, 2.45) is 0 Å². The fraction of sp³-hybridized carbons (Fsp3) is 0.136. The third kappa shape index (κ3) is 3.90. The molecular weight excluding hydrogens is 386 g/mol. The second-order valence-electron chi connectivity index (χ2n) is 6.51. The number of ether oxygens (including phenoxy) is 1. The Morgan fingerprint density at radius 3 is 2.76 bits per heavy atom. The number of pyridine rings is 1. The number of anilines is 1. The Balaban J connectivity index is 1.59. The first-order valence-electron chi connectivity index (χ1n) is 9.04. The predicted octanol–water partition coefficient (Wildman–Crippen LogP) is 5.77. The molecule has 1 aromatic carbocycles. The Labute approximate surface area is 172 Å². The zero-order valence-corrected chi connectivity index (χ0v) is 17.0. The van der Waals surface area contributed by atoms with Crippen molar-refractivity contribution in [3.63, 3.8) is 0 Å². The monoisotopic (exact) mass is 405 g/mol. The van der Waals surface area contributed by atoms with Crippen molar-refractivity contribution >= 4 is 22.9 Å². The Hall–Kier alpha value is -3.45. The lowest BCUT2D eigenvalue weighted by molar-refractivity contribution is 0.102. The van der Waals surface area contributed by atoms with Crippen molar-refractivity contribution in [2.45, 2.75) is 20.8 Å². The van der Waals surface area contributed by atoms with E-state index in [4.69, 9.17) is 9.15 Å². The summed E-state index contributed by atoms with van der Waals surface area (Å²) in [7, 11) is 0. The molecule has 0 unspecified atom stereocenters. The van der Waals surface area contributed by atoms with E-state index in [9.17, 15) is 4.79 Å². The number of benzene rings is 1. The van der Waals surface area contributed by atoms with Crippen molar-refractivity contribution in [3.8, 4) is 22.4 Å². The third-order valence-corrected chi connectivity index (χ3v) is 5.38. The molecule has 0 bridgehead atoms. The Morgan fingerprint density at radius 2 is 1.97 bits per heavy atom. The lowest BCUT2D eigenvalue weighted by Gasteiger charge is -2.13. The summed E-state index contributed by atoms with van der Waals surface area (Å²) in [6.07, 6.45) is 1.62. The number of nitrogens with one attached hydrogen (secondary N) is 1. The highest BCUT2D eigenvalue weighted by molar-refractivity contribution is 7.13. The molecule has 6 nitrogen and oxygen atoms in total. The first-order valence-corrected chi connectivity index (χ1v) is 9.92. The summed E-state index contributed by atoms with van der Waals surface area (Å²) in [5.74, 6) is 1.51. The standard InChI is InChI=1S/C22H19N3O3S/c1-13-7-4-9-17(14(13)2)28-21-16(8-5-11-23-21)24-20(26)19-15(3)27-22(25-19)18-10-6-12-29-18/h4-12H,1-3H3,(H,24,26). The molecule has 0 saturated heterocycles. The minimum absolute atomic E-state index is 0.231. The fourth-order valence-corrected chi connectivity index (χ4v) is 3.45. The second-order valence-corrected chi connectivity index (χ2v) is 7.46. The molecule has 4 rings (SSSR count). The van der Waals surface area contributed by atoms with E-state index in [1.165, 1.54) is 11.3 Å². The van der Waals surface area contributed by atoms with E-state index < -0.39 is 0 Å². The van der Waals surface area contributed by atoms with Gasteiger partial charge >= 0.3 is 0 Å². The van der Waals surface area contributed by atoms with Crippen LogP contribution in [0.1, 0.15) is 27.4 Å². The van der Waals surface area contributed by atoms with E-state index >= 15 is 0 Å². The molecule has 0 fully saturated rings. The number of oxazole rings is 1. The van der Waals surface area contributed by atoms with Crippen LogP contribution in [-0.2, 0) is 0 Å². The molecule has 29 heavy (non-hydrogen) atoms. The number of nitrogens with zero attached hydrogens (tertiary/aromatic N) is 2. The second kappa shape index (κ2) is 7.89. The summed E-state index contributed by atoms with van der Waals surface area (Å²) < 4.78 is 11.6. The van der Waals surface area contributed by atoms with Crippen LogP contribution < -0.4 is 10.1 Å². The topological polar surface area (TPSA) is 77.2 Å². The largest absolute Gasteiger partial charge is 0.440 e. The van der Waals surface area contributed by atoms with Crippen LogP contribution in [0, 0.1) is 20.8 Å². The molecule has 0 aliphatic carbocycles. The van der Waals surface area contributed by atoms with Crippen molar-refractivity contribution in [3.05, 3.63) is 76.6 Å². The summed E-state index contributed by atoms with van der Waals surface area (Å²) in [5, 5.41) is 4.77. The molecule has 0 aliphatic rings. The minimum Gasteiger partial charge on any atom is -0.440 e. The lowest BCUT2D eigenvalue weighted by atomic mass is 10.1. The average Bonchev–Trinajstić information content (AvgIpc) is 3.36. The zero-order chi connectivity index (χ0) is 20.4. The molecule has 3 aromatic heterocycles. The molecule has 0 radical (unpaired) electrons. The van der Waals surface area contributed by atoms with Gasteiger partial charge in [0.2, 0.25) is 11.8 Å². The number of hydrogen-bond donors (Lipinski definition) is 1. The van der Waals surface area contributed by atoms with Gasteiger partial charge in [0, 0.05) is 6.20 Å². The Bertz CT molecular complexity index is 1170. The number of carbonyl (C=O) groups is 1. The van der Waals surface area contributed by atoms with E-state index in [1.54, 1.807) is 25.3 Å². The van der Waals surface area contributed by atoms with E-state index in [0.717, 1.165) is 16.0 Å². The molecule has 0 atom stereocenters. The van der Waals surface area contributed by atoms with Gasteiger partial charge in [0.05, 0.1) is 4.88 Å². The van der Waals surface area contributed by atoms with Crippen molar-refractivity contribution in [1.29, 1.82) is 0 Å². The predicted molar refractivity (Wildman–Crippen MR) is 113 cm³/mol. The van der Waals surface area contributed by atoms with Gasteiger partial charge in [0.15, 0.2) is 5.69 Å². The van der Waals surface area contributed by atoms with E-state index in [1.807, 2.05) is 49.6 Å². The van der Waals surface area contributed by atoms with E-state index in [-0.39, 0.29) is 11.6 Å². The van der Waals surface area contributed by atoms with Crippen LogP contribution in [0.2, 0.25) is 0 Å². The number of hydrogen-bond acceptors (Lipinski definition) is 6. The van der Waals surface area contributed by atoms with Gasteiger partial charge in [-0.05, 0) is 61.5 Å². The van der Waals surface area contributed by atoms with Crippen LogP contribution in [0.4, 0.5) is 5.69 Å². The van der Waals surface area contributed by atoms with Gasteiger partial charge in [-0.25, -0.2) is 9.97 Å². The Morgan fingerprint density at radius 1 is 1.10 bits per heavy atom. The van der Waals surface area contributed by atoms with Crippen LogP contribution in [0.25, 0.3) is 10.8 Å². The highest BCUT2D eigenvalue weighted by Crippen LogP contribution is 2.31. The molecule has 0 saturated carbocycles. The summed E-state index contributed by atoms with van der Waals surface area (Å²) in [4.78, 5) is 22.3. The summed E-state index contributed by atoms with van der Waals surface area (Å²) in [6, 6.07) is 13.1. The van der Waals surface area contributed by atoms with E-state index in [2.05, 4.69) is 15.3 Å². The molecule has 146 valence electrons. The quantitative estimate of drug-likeness (QED) is 0.456. The van der Waals surface area contributed by atoms with Crippen molar-refractivity contribution in [1.82, 2.24) is 9.97 Å². The van der Waals surface area contributed by atoms with Crippen LogP contribution in [0.15, 0.2) is 58.5 Å². The molecule has 0 spiro atoms. The fourth-order valence-electron chi connectivity index (χ4n) is 2.80. The molecule has 1 amide bonds. The summed E-state index contributed by atoms with van der Waals surface area (Å²) >= 11 is 1.50. The maximum atomic E-state index is 12.8. The number of carbonyl (C=O) groups excluding carboxylic acids is 1. The minimum atomic E-state index is -0.382. The normalized spacial score (nSPS) is 10.7. The molecule has 1 N–H and O–H groups in total. The molecule has 3 heterocycles.